The lowest BCUT2D eigenvalue weighted by Crippen LogP contribution is -2.15. The van der Waals surface area contributed by atoms with Gasteiger partial charge < -0.3 is 9.13 Å². The van der Waals surface area contributed by atoms with Crippen molar-refractivity contribution in [2.24, 2.45) is 0 Å². The van der Waals surface area contributed by atoms with Crippen LogP contribution in [0.25, 0.3) is 133 Å². The van der Waals surface area contributed by atoms with Gasteiger partial charge in [0.15, 0.2) is 17.5 Å². The van der Waals surface area contributed by atoms with E-state index in [1.807, 2.05) is 36.4 Å². The molecule has 15 rings (SSSR count). The lowest BCUT2D eigenvalue weighted by molar-refractivity contribution is 0.660. The highest BCUT2D eigenvalue weighted by Gasteiger charge is 2.36. The maximum Gasteiger partial charge on any atom is 0.164 e. The van der Waals surface area contributed by atoms with Gasteiger partial charge in [-0.3, -0.25) is 0 Å². The lowest BCUT2D eigenvalue weighted by Gasteiger charge is -2.23. The summed E-state index contributed by atoms with van der Waals surface area (Å²) in [6.45, 7) is 4.71. The minimum atomic E-state index is -0.311. The van der Waals surface area contributed by atoms with Gasteiger partial charge in [-0.05, 0) is 116 Å². The Bertz CT molecular complexity index is 4510. The monoisotopic (exact) mass is 931 g/mol. The van der Waals surface area contributed by atoms with Crippen LogP contribution in [0.3, 0.4) is 0 Å². The van der Waals surface area contributed by atoms with E-state index in [-0.39, 0.29) is 5.41 Å². The van der Waals surface area contributed by atoms with E-state index in [2.05, 4.69) is 223 Å². The van der Waals surface area contributed by atoms with Gasteiger partial charge in [-0.25, -0.2) is 15.0 Å². The second-order valence-electron chi connectivity index (χ2n) is 20.0. The zero-order chi connectivity index (χ0) is 48.4. The van der Waals surface area contributed by atoms with Crippen molar-refractivity contribution in [3.05, 3.63) is 248 Å². The van der Waals surface area contributed by atoms with Crippen molar-refractivity contribution in [1.29, 1.82) is 0 Å². The van der Waals surface area contributed by atoms with Crippen molar-refractivity contribution >= 4 is 65.2 Å². The smallest absolute Gasteiger partial charge is 0.164 e. The maximum atomic E-state index is 5.10. The van der Waals surface area contributed by atoms with Gasteiger partial charge in [0.1, 0.15) is 0 Å². The molecule has 0 bridgehead atoms. The molecule has 0 fully saturated rings. The fourth-order valence-corrected chi connectivity index (χ4v) is 12.1. The first-order valence-electron chi connectivity index (χ1n) is 25.1. The molecule has 0 saturated heterocycles. The highest BCUT2D eigenvalue weighted by atomic mass is 15.0. The normalized spacial score (nSPS) is 12.9. The van der Waals surface area contributed by atoms with E-state index in [0.717, 1.165) is 28.1 Å². The Labute approximate surface area is 422 Å². The number of hydrogen-bond donors (Lipinski definition) is 0. The molecule has 0 spiro atoms. The Kier molecular flexibility index (Phi) is 8.94. The zero-order valence-corrected chi connectivity index (χ0v) is 40.3. The summed E-state index contributed by atoms with van der Waals surface area (Å²) < 4.78 is 4.92. The Morgan fingerprint density at radius 1 is 0.301 bits per heavy atom. The van der Waals surface area contributed by atoms with Gasteiger partial charge in [-0.15, -0.1) is 0 Å². The molecule has 11 aromatic carbocycles. The van der Waals surface area contributed by atoms with Crippen LogP contribution in [-0.4, -0.2) is 24.1 Å². The van der Waals surface area contributed by atoms with Crippen molar-refractivity contribution in [3.8, 4) is 67.8 Å². The minimum Gasteiger partial charge on any atom is -0.309 e. The molecule has 5 heteroatoms. The summed E-state index contributed by atoms with van der Waals surface area (Å²) in [6.07, 6.45) is 0. The quantitative estimate of drug-likeness (QED) is 0.167. The number of benzene rings is 11. The third-order valence-electron chi connectivity index (χ3n) is 15.5. The van der Waals surface area contributed by atoms with Crippen molar-refractivity contribution in [1.82, 2.24) is 24.1 Å². The van der Waals surface area contributed by atoms with Crippen molar-refractivity contribution in [2.75, 3.05) is 0 Å². The third-order valence-corrected chi connectivity index (χ3v) is 15.5. The van der Waals surface area contributed by atoms with Crippen LogP contribution in [0.5, 0.6) is 0 Å². The molecule has 0 atom stereocenters. The van der Waals surface area contributed by atoms with E-state index < -0.39 is 0 Å². The predicted octanol–water partition coefficient (Wildman–Crippen LogP) is 17.3. The van der Waals surface area contributed by atoms with E-state index in [1.165, 1.54) is 98.5 Å². The largest absolute Gasteiger partial charge is 0.309 e. The third kappa shape index (κ3) is 6.25. The van der Waals surface area contributed by atoms with Crippen molar-refractivity contribution in [3.63, 3.8) is 0 Å². The van der Waals surface area contributed by atoms with E-state index >= 15 is 0 Å². The number of aromatic nitrogens is 5. The first-order chi connectivity index (χ1) is 36.0. The van der Waals surface area contributed by atoms with Gasteiger partial charge in [0.25, 0.3) is 0 Å². The highest BCUT2D eigenvalue weighted by Crippen LogP contribution is 2.51. The van der Waals surface area contributed by atoms with Gasteiger partial charge in [0.2, 0.25) is 0 Å². The molecule has 3 aromatic heterocycles. The van der Waals surface area contributed by atoms with E-state index in [1.54, 1.807) is 0 Å². The lowest BCUT2D eigenvalue weighted by atomic mass is 9.81. The molecule has 3 heterocycles. The molecule has 1 aliphatic rings. The topological polar surface area (TPSA) is 48.5 Å². The number of para-hydroxylation sites is 2. The summed E-state index contributed by atoms with van der Waals surface area (Å²) >= 11 is 0. The number of fused-ring (bicyclic) bond motifs is 13. The Hall–Kier alpha value is -9.45. The molecule has 0 saturated carbocycles. The van der Waals surface area contributed by atoms with Crippen molar-refractivity contribution in [2.45, 2.75) is 19.3 Å². The van der Waals surface area contributed by atoms with Crippen LogP contribution in [0.15, 0.2) is 237 Å². The molecule has 0 unspecified atom stereocenters. The summed E-state index contributed by atoms with van der Waals surface area (Å²) in [5.41, 5.74) is 17.1. The molecule has 0 amide bonds. The zero-order valence-electron chi connectivity index (χ0n) is 40.3. The summed E-state index contributed by atoms with van der Waals surface area (Å²) in [5, 5.41) is 9.99. The summed E-state index contributed by atoms with van der Waals surface area (Å²) in [5.74, 6) is 1.97. The van der Waals surface area contributed by atoms with Gasteiger partial charge in [0, 0.05) is 55.0 Å². The predicted molar refractivity (Wildman–Crippen MR) is 303 cm³/mol. The second-order valence-corrected chi connectivity index (χ2v) is 20.0. The standard InChI is InChI=1S/C68H45N5/c1-68(2)57-39-46(67-70-65(43-19-6-3-7-20-43)69-66(71-67)44-21-8-4-9-22-44)30-34-51(57)52-35-33-48(40-58(52)68)73-60-36-32-45(38-56(60)63-49-25-13-12-18-42(49)31-37-61(63)73)55-41-62-64(53-27-15-14-26-50(53)55)54-28-16-17-29-59(54)72(62)47-23-10-5-11-24-47/h3-41H,1-2H3. The molecule has 5 nitrogen and oxygen atoms in total. The molecule has 0 N–H and O–H groups in total. The van der Waals surface area contributed by atoms with Crippen LogP contribution < -0.4 is 0 Å². The fourth-order valence-electron chi connectivity index (χ4n) is 12.1. The van der Waals surface area contributed by atoms with Crippen LogP contribution in [0.2, 0.25) is 0 Å². The van der Waals surface area contributed by atoms with Crippen LogP contribution in [0, 0.1) is 0 Å². The van der Waals surface area contributed by atoms with Crippen LogP contribution in [0.4, 0.5) is 0 Å². The van der Waals surface area contributed by atoms with Gasteiger partial charge in [-0.2, -0.15) is 0 Å². The molecule has 342 valence electrons. The average molecular weight is 932 g/mol. The minimum absolute atomic E-state index is 0.311. The first kappa shape index (κ1) is 41.3. The number of rotatable bonds is 6. The Balaban J connectivity index is 0.897. The highest BCUT2D eigenvalue weighted by molar-refractivity contribution is 6.26. The fraction of sp³-hybridized carbons (Fsp3) is 0.0441. The maximum absolute atomic E-state index is 5.10. The molecular formula is C68H45N5. The summed E-state index contributed by atoms with van der Waals surface area (Å²) in [7, 11) is 0. The van der Waals surface area contributed by atoms with Gasteiger partial charge >= 0.3 is 0 Å². The van der Waals surface area contributed by atoms with E-state index in [9.17, 15) is 0 Å². The SMILES string of the molecule is CC1(C)c2cc(-c3nc(-c4ccccc4)nc(-c4ccccc4)n3)ccc2-c2ccc(-n3c4ccc(-c5cc6c(c7ccccc57)c5ccccc5n6-c5ccccc5)cc4c4c5ccccc5ccc43)cc21. The molecule has 0 radical (unpaired) electrons. The van der Waals surface area contributed by atoms with E-state index in [4.69, 9.17) is 15.0 Å². The first-order valence-corrected chi connectivity index (χ1v) is 25.1. The molecule has 14 aromatic rings. The van der Waals surface area contributed by atoms with Gasteiger partial charge in [0.05, 0.1) is 22.1 Å². The van der Waals surface area contributed by atoms with E-state index in [0.29, 0.717) is 17.5 Å². The van der Waals surface area contributed by atoms with Crippen LogP contribution >= 0.6 is 0 Å². The summed E-state index contributed by atoms with van der Waals surface area (Å²) in [6, 6.07) is 85.8. The average Bonchev–Trinajstić information content (AvgIpc) is 4.06. The van der Waals surface area contributed by atoms with Crippen molar-refractivity contribution < 1.29 is 0 Å². The number of hydrogen-bond acceptors (Lipinski definition) is 3. The Morgan fingerprint density at radius 2 is 0.822 bits per heavy atom. The Morgan fingerprint density at radius 3 is 1.55 bits per heavy atom. The summed E-state index contributed by atoms with van der Waals surface area (Å²) in [4.78, 5) is 15.2. The second kappa shape index (κ2) is 15.8. The number of nitrogens with zero attached hydrogens (tertiary/aromatic N) is 5. The van der Waals surface area contributed by atoms with Gasteiger partial charge in [-0.1, -0.05) is 190 Å². The van der Waals surface area contributed by atoms with Crippen LogP contribution in [0.1, 0.15) is 25.0 Å². The van der Waals surface area contributed by atoms with Crippen LogP contribution in [-0.2, 0) is 5.41 Å². The molecule has 73 heavy (non-hydrogen) atoms. The molecule has 0 aliphatic heterocycles. The molecular weight excluding hydrogens is 887 g/mol. The molecule has 1 aliphatic carbocycles.